The number of hydrogen-bond donors (Lipinski definition) is 1. The highest BCUT2D eigenvalue weighted by molar-refractivity contribution is 7.11. The van der Waals surface area contributed by atoms with Gasteiger partial charge in [0.1, 0.15) is 0 Å². The lowest BCUT2D eigenvalue weighted by Crippen LogP contribution is -2.31. The highest BCUT2D eigenvalue weighted by atomic mass is 35.5. The van der Waals surface area contributed by atoms with Crippen molar-refractivity contribution in [3.63, 3.8) is 0 Å². The normalized spacial score (nSPS) is 15.1. The first-order valence-corrected chi connectivity index (χ1v) is 8.58. The summed E-state index contributed by atoms with van der Waals surface area (Å²) >= 11 is 7.78. The monoisotopic (exact) mass is 321 g/mol. The highest BCUT2D eigenvalue weighted by Gasteiger charge is 2.20. The number of rotatable bonds is 5. The lowest BCUT2D eigenvalue weighted by Gasteiger charge is -2.25. The van der Waals surface area contributed by atoms with Crippen molar-refractivity contribution in [1.82, 2.24) is 9.88 Å². The molecular weight excluding hydrogens is 302 g/mol. The molecule has 5 heteroatoms. The molecule has 0 aliphatic carbocycles. The van der Waals surface area contributed by atoms with E-state index in [4.69, 9.17) is 22.3 Å². The van der Waals surface area contributed by atoms with Crippen LogP contribution >= 0.6 is 22.9 Å². The van der Waals surface area contributed by atoms with E-state index in [1.54, 1.807) is 0 Å². The Bertz CT molecular complexity index is 594. The first-order valence-electron chi connectivity index (χ1n) is 7.39. The van der Waals surface area contributed by atoms with Crippen molar-refractivity contribution in [1.29, 1.82) is 0 Å². The summed E-state index contributed by atoms with van der Waals surface area (Å²) in [4.78, 5) is 8.74. The smallest absolute Gasteiger partial charge is 0.0975 e. The molecule has 2 aromatic rings. The first-order chi connectivity index (χ1) is 10.2. The number of nitrogens with two attached hydrogens (primary N) is 1. The quantitative estimate of drug-likeness (QED) is 0.920. The lowest BCUT2D eigenvalue weighted by molar-refractivity contribution is 0.254. The number of nitrogens with zero attached hydrogens (tertiary/aromatic N) is 2. The molecule has 112 valence electrons. The van der Waals surface area contributed by atoms with Crippen LogP contribution in [-0.2, 0) is 19.4 Å². The molecule has 2 N–H and O–H groups in total. The molecule has 0 saturated heterocycles. The van der Waals surface area contributed by atoms with Crippen LogP contribution in [0, 0.1) is 0 Å². The Kier molecular flexibility index (Phi) is 4.91. The van der Waals surface area contributed by atoms with E-state index in [1.165, 1.54) is 21.1 Å². The van der Waals surface area contributed by atoms with Gasteiger partial charge in [-0.3, -0.25) is 4.90 Å². The van der Waals surface area contributed by atoms with Crippen LogP contribution in [0.2, 0.25) is 5.02 Å². The predicted molar refractivity (Wildman–Crippen MR) is 89.0 cm³/mol. The van der Waals surface area contributed by atoms with Gasteiger partial charge in [-0.1, -0.05) is 23.7 Å². The molecule has 3 nitrogen and oxygen atoms in total. The number of halogens is 1. The standard InChI is InChI=1S/C16H20ClN3S/c17-13-4-2-12(3-5-13)10-16-19-14-6-9-20(8-1-7-18)11-15(14)21-16/h2-5H,1,6-11,18H2. The predicted octanol–water partition coefficient (Wildman–Crippen LogP) is 3.09. The molecule has 1 aromatic heterocycles. The SMILES string of the molecule is NCCCN1CCc2nc(Cc3ccc(Cl)cc3)sc2C1. The van der Waals surface area contributed by atoms with E-state index in [2.05, 4.69) is 17.0 Å². The molecule has 0 radical (unpaired) electrons. The summed E-state index contributed by atoms with van der Waals surface area (Å²) in [5.41, 5.74) is 8.16. The van der Waals surface area contributed by atoms with E-state index in [0.29, 0.717) is 0 Å². The van der Waals surface area contributed by atoms with Crippen molar-refractivity contribution >= 4 is 22.9 Å². The lowest BCUT2D eigenvalue weighted by atomic mass is 10.1. The van der Waals surface area contributed by atoms with Crippen molar-refractivity contribution in [3.05, 3.63) is 50.4 Å². The Morgan fingerprint density at radius 1 is 1.29 bits per heavy atom. The van der Waals surface area contributed by atoms with E-state index in [1.807, 2.05) is 23.5 Å². The van der Waals surface area contributed by atoms with Gasteiger partial charge in [-0.05, 0) is 37.2 Å². The maximum atomic E-state index is 5.93. The third kappa shape index (κ3) is 3.83. The molecule has 0 amide bonds. The molecule has 2 heterocycles. The van der Waals surface area contributed by atoms with Crippen molar-refractivity contribution in [2.75, 3.05) is 19.6 Å². The second-order valence-corrected chi connectivity index (χ2v) is 7.05. The molecule has 0 atom stereocenters. The van der Waals surface area contributed by atoms with Crippen LogP contribution in [-0.4, -0.2) is 29.5 Å². The fraction of sp³-hybridized carbons (Fsp3) is 0.438. The van der Waals surface area contributed by atoms with E-state index < -0.39 is 0 Å². The maximum Gasteiger partial charge on any atom is 0.0975 e. The minimum Gasteiger partial charge on any atom is -0.330 e. The van der Waals surface area contributed by atoms with Gasteiger partial charge in [0.2, 0.25) is 0 Å². The molecule has 0 bridgehead atoms. The average molecular weight is 322 g/mol. The van der Waals surface area contributed by atoms with Crippen molar-refractivity contribution in [2.24, 2.45) is 5.73 Å². The van der Waals surface area contributed by atoms with Crippen molar-refractivity contribution < 1.29 is 0 Å². The minimum absolute atomic E-state index is 0.772. The van der Waals surface area contributed by atoms with Crippen LogP contribution in [0.5, 0.6) is 0 Å². The molecule has 1 aromatic carbocycles. The van der Waals surface area contributed by atoms with Crippen molar-refractivity contribution in [2.45, 2.75) is 25.8 Å². The van der Waals surface area contributed by atoms with Gasteiger partial charge in [-0.15, -0.1) is 11.3 Å². The molecule has 1 aliphatic rings. The third-order valence-corrected chi connectivity index (χ3v) is 5.14. The Morgan fingerprint density at radius 2 is 2.10 bits per heavy atom. The summed E-state index contributed by atoms with van der Waals surface area (Å²) in [5, 5.41) is 2.00. The fourth-order valence-corrected chi connectivity index (χ4v) is 3.98. The summed E-state index contributed by atoms with van der Waals surface area (Å²) in [6.07, 6.45) is 3.04. The van der Waals surface area contributed by atoms with Crippen LogP contribution in [0.1, 0.15) is 27.6 Å². The number of hydrogen-bond acceptors (Lipinski definition) is 4. The van der Waals surface area contributed by atoms with E-state index in [-0.39, 0.29) is 0 Å². The van der Waals surface area contributed by atoms with E-state index in [9.17, 15) is 0 Å². The molecular formula is C16H20ClN3S. The largest absolute Gasteiger partial charge is 0.330 e. The van der Waals surface area contributed by atoms with Gasteiger partial charge in [-0.25, -0.2) is 4.98 Å². The van der Waals surface area contributed by atoms with Crippen LogP contribution in [0.25, 0.3) is 0 Å². The van der Waals surface area contributed by atoms with Crippen LogP contribution in [0.3, 0.4) is 0 Å². The fourth-order valence-electron chi connectivity index (χ4n) is 2.66. The summed E-state index contributed by atoms with van der Waals surface area (Å²) in [5.74, 6) is 0. The number of thiazole rings is 1. The van der Waals surface area contributed by atoms with Crippen LogP contribution in [0.4, 0.5) is 0 Å². The highest BCUT2D eigenvalue weighted by Crippen LogP contribution is 2.27. The Labute approximate surface area is 134 Å². The number of benzene rings is 1. The minimum atomic E-state index is 0.772. The van der Waals surface area contributed by atoms with Gasteiger partial charge in [0, 0.05) is 35.8 Å². The number of fused-ring (bicyclic) bond motifs is 1. The first kappa shape index (κ1) is 15.0. The molecule has 0 unspecified atom stereocenters. The molecule has 0 spiro atoms. The summed E-state index contributed by atoms with van der Waals surface area (Å²) in [6, 6.07) is 8.05. The molecule has 0 saturated carbocycles. The van der Waals surface area contributed by atoms with Gasteiger partial charge in [-0.2, -0.15) is 0 Å². The zero-order valence-electron chi connectivity index (χ0n) is 12.0. The maximum absolute atomic E-state index is 5.93. The number of aromatic nitrogens is 1. The van der Waals surface area contributed by atoms with Crippen LogP contribution < -0.4 is 5.73 Å². The van der Waals surface area contributed by atoms with Gasteiger partial charge >= 0.3 is 0 Å². The Morgan fingerprint density at radius 3 is 2.86 bits per heavy atom. The Balaban J connectivity index is 1.67. The summed E-state index contributed by atoms with van der Waals surface area (Å²) in [7, 11) is 0. The average Bonchev–Trinajstić information content (AvgIpc) is 2.89. The van der Waals surface area contributed by atoms with Crippen LogP contribution in [0.15, 0.2) is 24.3 Å². The topological polar surface area (TPSA) is 42.1 Å². The molecule has 3 rings (SSSR count). The summed E-state index contributed by atoms with van der Waals surface area (Å²) < 4.78 is 0. The molecule has 0 fully saturated rings. The third-order valence-electron chi connectivity index (χ3n) is 3.80. The molecule has 21 heavy (non-hydrogen) atoms. The second kappa shape index (κ2) is 6.88. The van der Waals surface area contributed by atoms with Gasteiger partial charge in [0.05, 0.1) is 10.7 Å². The van der Waals surface area contributed by atoms with Gasteiger partial charge in [0.25, 0.3) is 0 Å². The van der Waals surface area contributed by atoms with E-state index in [0.717, 1.165) is 50.5 Å². The zero-order chi connectivity index (χ0) is 14.7. The van der Waals surface area contributed by atoms with Gasteiger partial charge in [0.15, 0.2) is 0 Å². The zero-order valence-corrected chi connectivity index (χ0v) is 13.6. The Hall–Kier alpha value is -0.940. The van der Waals surface area contributed by atoms with E-state index >= 15 is 0 Å². The second-order valence-electron chi connectivity index (χ2n) is 5.45. The molecule has 1 aliphatic heterocycles. The summed E-state index contributed by atoms with van der Waals surface area (Å²) in [6.45, 7) is 4.01. The van der Waals surface area contributed by atoms with Crippen molar-refractivity contribution in [3.8, 4) is 0 Å². The van der Waals surface area contributed by atoms with Gasteiger partial charge < -0.3 is 5.73 Å².